The summed E-state index contributed by atoms with van der Waals surface area (Å²) in [5.41, 5.74) is 6.99. The Hall–Kier alpha value is -2.09. The minimum absolute atomic E-state index is 0. The van der Waals surface area contributed by atoms with Gasteiger partial charge in [0.15, 0.2) is 9.84 Å². The molecule has 6 nitrogen and oxygen atoms in total. The number of carbonyl (C=O) groups is 1. The molecule has 27 heavy (non-hydrogen) atoms. The number of carbonyl (C=O) groups excluding carboxylic acids is 1. The van der Waals surface area contributed by atoms with Gasteiger partial charge < -0.3 is 15.8 Å². The Morgan fingerprint density at radius 2 is 1.81 bits per heavy atom. The van der Waals surface area contributed by atoms with Gasteiger partial charge >= 0.3 is 0 Å². The van der Waals surface area contributed by atoms with Crippen molar-refractivity contribution in [2.75, 3.05) is 19.9 Å². The maximum atomic E-state index is 12.3. The van der Waals surface area contributed by atoms with Crippen molar-refractivity contribution in [1.82, 2.24) is 5.32 Å². The van der Waals surface area contributed by atoms with Gasteiger partial charge in [-0.2, -0.15) is 0 Å². The van der Waals surface area contributed by atoms with Crippen molar-refractivity contribution in [3.8, 4) is 5.75 Å². The molecular weight excluding hydrogens is 388 g/mol. The number of ether oxygens (including phenoxy) is 1. The quantitative estimate of drug-likeness (QED) is 0.693. The second kappa shape index (κ2) is 10.3. The Balaban J connectivity index is 0.00000364. The maximum absolute atomic E-state index is 12.3. The molecule has 0 spiro atoms. The molecule has 0 aliphatic rings. The van der Waals surface area contributed by atoms with E-state index in [9.17, 15) is 13.2 Å². The average molecular weight is 413 g/mol. The highest BCUT2D eigenvalue weighted by Crippen LogP contribution is 2.26. The lowest BCUT2D eigenvalue weighted by Crippen LogP contribution is -2.29. The van der Waals surface area contributed by atoms with Crippen molar-refractivity contribution in [2.24, 2.45) is 5.73 Å². The van der Waals surface area contributed by atoms with E-state index >= 15 is 0 Å². The normalized spacial score (nSPS) is 12.0. The molecule has 1 amide bonds. The summed E-state index contributed by atoms with van der Waals surface area (Å²) in [6, 6.07) is 13.4. The zero-order chi connectivity index (χ0) is 19.2. The maximum Gasteiger partial charge on any atom is 0.220 e. The summed E-state index contributed by atoms with van der Waals surface area (Å²) in [5, 5.41) is 2.97. The molecule has 0 saturated heterocycles. The molecule has 148 valence electrons. The van der Waals surface area contributed by atoms with Gasteiger partial charge in [0.2, 0.25) is 5.91 Å². The molecule has 0 fully saturated rings. The van der Waals surface area contributed by atoms with E-state index < -0.39 is 15.9 Å². The number of amides is 1. The van der Waals surface area contributed by atoms with E-state index in [4.69, 9.17) is 10.5 Å². The topological polar surface area (TPSA) is 98.5 Å². The Bertz CT molecular complexity index is 854. The van der Waals surface area contributed by atoms with Crippen LogP contribution in [0.4, 0.5) is 0 Å². The van der Waals surface area contributed by atoms with Crippen molar-refractivity contribution in [3.05, 3.63) is 59.7 Å². The van der Waals surface area contributed by atoms with Crippen molar-refractivity contribution in [2.45, 2.75) is 23.8 Å². The minimum atomic E-state index is -3.34. The first-order valence-corrected chi connectivity index (χ1v) is 10.2. The molecule has 3 N–H and O–H groups in total. The number of methoxy groups -OCH3 is 1. The Labute approximate surface area is 166 Å². The van der Waals surface area contributed by atoms with Crippen LogP contribution in [0, 0.1) is 0 Å². The highest BCUT2D eigenvalue weighted by molar-refractivity contribution is 7.90. The smallest absolute Gasteiger partial charge is 0.220 e. The number of nitrogens with two attached hydrogens (primary N) is 1. The largest absolute Gasteiger partial charge is 0.497 e. The van der Waals surface area contributed by atoms with E-state index in [1.807, 2.05) is 12.1 Å². The lowest BCUT2D eigenvalue weighted by molar-refractivity contribution is -0.121. The predicted molar refractivity (Wildman–Crippen MR) is 108 cm³/mol. The van der Waals surface area contributed by atoms with Gasteiger partial charge in [0.25, 0.3) is 0 Å². The van der Waals surface area contributed by atoms with Crippen LogP contribution in [-0.4, -0.2) is 34.2 Å². The highest BCUT2D eigenvalue weighted by atomic mass is 35.5. The van der Waals surface area contributed by atoms with E-state index in [1.54, 1.807) is 43.5 Å². The lowest BCUT2D eigenvalue weighted by atomic mass is 9.98. The average Bonchev–Trinajstić information content (AvgIpc) is 2.64. The van der Waals surface area contributed by atoms with Gasteiger partial charge in [-0.1, -0.05) is 24.3 Å². The number of hydrogen-bond donors (Lipinski definition) is 2. The fourth-order valence-electron chi connectivity index (χ4n) is 2.58. The van der Waals surface area contributed by atoms with Gasteiger partial charge in [-0.15, -0.1) is 12.4 Å². The van der Waals surface area contributed by atoms with Crippen molar-refractivity contribution in [3.63, 3.8) is 0 Å². The van der Waals surface area contributed by atoms with Crippen molar-refractivity contribution >= 4 is 28.2 Å². The zero-order valence-electron chi connectivity index (χ0n) is 15.3. The van der Waals surface area contributed by atoms with Crippen LogP contribution in [0.15, 0.2) is 53.4 Å². The van der Waals surface area contributed by atoms with Crippen molar-refractivity contribution in [1.29, 1.82) is 0 Å². The monoisotopic (exact) mass is 412 g/mol. The Morgan fingerprint density at radius 3 is 2.37 bits per heavy atom. The van der Waals surface area contributed by atoms with Crippen LogP contribution < -0.4 is 15.8 Å². The number of benzene rings is 2. The number of sulfone groups is 1. The summed E-state index contributed by atoms with van der Waals surface area (Å²) in [4.78, 5) is 12.5. The fourth-order valence-corrected chi connectivity index (χ4v) is 3.25. The van der Waals surface area contributed by atoms with Crippen LogP contribution in [0.2, 0.25) is 0 Å². The van der Waals surface area contributed by atoms with Crippen LogP contribution >= 0.6 is 12.4 Å². The molecule has 0 heterocycles. The first kappa shape index (κ1) is 23.0. The van der Waals surface area contributed by atoms with Gasteiger partial charge in [0.05, 0.1) is 18.0 Å². The molecule has 0 radical (unpaired) electrons. The van der Waals surface area contributed by atoms with Crippen LogP contribution in [0.3, 0.4) is 0 Å². The molecule has 1 atom stereocenters. The van der Waals surface area contributed by atoms with Crippen molar-refractivity contribution < 1.29 is 17.9 Å². The number of nitrogens with one attached hydrogen (secondary N) is 1. The molecule has 1 unspecified atom stereocenters. The molecule has 2 aromatic carbocycles. The van der Waals surface area contributed by atoms with Crippen LogP contribution in [-0.2, 0) is 14.6 Å². The van der Waals surface area contributed by atoms with Gasteiger partial charge in [-0.25, -0.2) is 8.42 Å². The molecule has 0 aliphatic carbocycles. The second-order valence-electron chi connectivity index (χ2n) is 6.01. The van der Waals surface area contributed by atoms with E-state index in [1.165, 1.54) is 0 Å². The Morgan fingerprint density at radius 1 is 1.15 bits per heavy atom. The summed E-state index contributed by atoms with van der Waals surface area (Å²) in [6.45, 7) is 0.435. The van der Waals surface area contributed by atoms with E-state index in [0.29, 0.717) is 30.7 Å². The molecule has 2 aromatic rings. The van der Waals surface area contributed by atoms with Gasteiger partial charge in [-0.3, -0.25) is 4.79 Å². The molecule has 0 saturated carbocycles. The first-order valence-electron chi connectivity index (χ1n) is 8.28. The standard InChI is InChI=1S/C19H24N2O4S.ClH/c1-25-16-10-8-14(9-11-16)19(21-18(22)7-4-12-20)15-5-3-6-17(13-15)26(2,23)24;/h3,5-6,8-11,13,19H,4,7,12,20H2,1-2H3,(H,21,22);1H. The summed E-state index contributed by atoms with van der Waals surface area (Å²) in [7, 11) is -1.76. The third-order valence-electron chi connectivity index (χ3n) is 3.98. The Kier molecular flexibility index (Phi) is 8.75. The molecule has 2 rings (SSSR count). The molecule has 0 aromatic heterocycles. The summed E-state index contributed by atoms with van der Waals surface area (Å²) in [5.74, 6) is 0.563. The molecule has 0 aliphatic heterocycles. The highest BCUT2D eigenvalue weighted by Gasteiger charge is 2.19. The second-order valence-corrected chi connectivity index (χ2v) is 8.03. The summed E-state index contributed by atoms with van der Waals surface area (Å²) >= 11 is 0. The van der Waals surface area contributed by atoms with Gasteiger partial charge in [-0.05, 0) is 48.4 Å². The predicted octanol–water partition coefficient (Wildman–Crippen LogP) is 2.47. The third kappa shape index (κ3) is 6.53. The van der Waals surface area contributed by atoms with Gasteiger partial charge in [0, 0.05) is 12.7 Å². The van der Waals surface area contributed by atoms with Crippen LogP contribution in [0.25, 0.3) is 0 Å². The fraction of sp³-hybridized carbons (Fsp3) is 0.316. The SMILES string of the molecule is COc1ccc(C(NC(=O)CCCN)c2cccc(S(C)(=O)=O)c2)cc1.Cl. The number of rotatable bonds is 8. The third-order valence-corrected chi connectivity index (χ3v) is 5.09. The van der Waals surface area contributed by atoms with E-state index in [2.05, 4.69) is 5.32 Å². The molecule has 8 heteroatoms. The van der Waals surface area contributed by atoms with Crippen LogP contribution in [0.5, 0.6) is 5.75 Å². The summed E-state index contributed by atoms with van der Waals surface area (Å²) in [6.07, 6.45) is 2.06. The first-order chi connectivity index (χ1) is 12.3. The number of hydrogen-bond acceptors (Lipinski definition) is 5. The van der Waals surface area contributed by atoms with Crippen LogP contribution in [0.1, 0.15) is 30.0 Å². The molecule has 0 bridgehead atoms. The zero-order valence-corrected chi connectivity index (χ0v) is 17.0. The number of halogens is 1. The lowest BCUT2D eigenvalue weighted by Gasteiger charge is -2.21. The van der Waals surface area contributed by atoms with E-state index in [0.717, 1.165) is 11.8 Å². The molecular formula is C19H25ClN2O4S. The van der Waals surface area contributed by atoms with Gasteiger partial charge in [0.1, 0.15) is 5.75 Å². The summed E-state index contributed by atoms with van der Waals surface area (Å²) < 4.78 is 28.9. The minimum Gasteiger partial charge on any atom is -0.497 e. The van der Waals surface area contributed by atoms with E-state index in [-0.39, 0.29) is 23.2 Å².